The molecule has 1 aliphatic carbocycles. The van der Waals surface area contributed by atoms with E-state index < -0.39 is 23.5 Å². The van der Waals surface area contributed by atoms with Gasteiger partial charge in [0.2, 0.25) is 5.91 Å². The second-order valence-electron chi connectivity index (χ2n) is 13.5. The Kier molecular flexibility index (Phi) is 12.2. The lowest BCUT2D eigenvalue weighted by Gasteiger charge is -2.39. The maximum Gasteiger partial charge on any atom is 0.410 e. The number of pyridine rings is 1. The van der Waals surface area contributed by atoms with E-state index in [1.807, 2.05) is 11.1 Å². The third-order valence-corrected chi connectivity index (χ3v) is 7.88. The highest BCUT2D eigenvalue weighted by Gasteiger charge is 2.42. The first kappa shape index (κ1) is 33.8. The predicted molar refractivity (Wildman–Crippen MR) is 160 cm³/mol. The summed E-state index contributed by atoms with van der Waals surface area (Å²) >= 11 is 0. The van der Waals surface area contributed by atoms with E-state index in [-0.39, 0.29) is 55.3 Å². The maximum absolute atomic E-state index is 14.1. The Hall–Kier alpha value is -2.72. The predicted octanol–water partition coefficient (Wildman–Crippen LogP) is 3.86. The summed E-state index contributed by atoms with van der Waals surface area (Å²) in [4.78, 5) is 56.5. The quantitative estimate of drug-likeness (QED) is 0.328. The number of aliphatic hydroxyl groups is 1. The molecule has 2 fully saturated rings. The van der Waals surface area contributed by atoms with Gasteiger partial charge in [-0.2, -0.15) is 0 Å². The number of hydrogen-bond donors (Lipinski definition) is 1. The van der Waals surface area contributed by atoms with Crippen LogP contribution in [0.1, 0.15) is 78.7 Å². The Morgan fingerprint density at radius 2 is 1.81 bits per heavy atom. The second kappa shape index (κ2) is 15.1. The number of likely N-dealkylation sites (tertiary alicyclic amines) is 1. The number of rotatable bonds is 14. The molecule has 0 radical (unpaired) electrons. The van der Waals surface area contributed by atoms with E-state index in [4.69, 9.17) is 9.47 Å². The largest absolute Gasteiger partial charge is 0.444 e. The van der Waals surface area contributed by atoms with Crippen molar-refractivity contribution >= 4 is 17.8 Å². The number of aromatic nitrogens is 1. The molecule has 42 heavy (non-hydrogen) atoms. The monoisotopic (exact) mass is 589 g/mol. The number of ether oxygens (including phenoxy) is 2. The van der Waals surface area contributed by atoms with Crippen LogP contribution in [-0.4, -0.2) is 82.3 Å². The molecular formula is C32H51N3O7. The van der Waals surface area contributed by atoms with Crippen LogP contribution < -0.4 is 5.56 Å². The number of nitrogens with zero attached hydrogens (tertiary/aromatic N) is 3. The molecule has 0 bridgehead atoms. The summed E-state index contributed by atoms with van der Waals surface area (Å²) in [6.45, 7) is 11.3. The van der Waals surface area contributed by atoms with Crippen molar-refractivity contribution in [2.45, 2.75) is 97.9 Å². The summed E-state index contributed by atoms with van der Waals surface area (Å²) in [6.07, 6.45) is 5.10. The van der Waals surface area contributed by atoms with Crippen LogP contribution in [0.4, 0.5) is 4.79 Å². The number of hydrogen-bond acceptors (Lipinski definition) is 7. The molecule has 1 aliphatic heterocycles. The van der Waals surface area contributed by atoms with Crippen molar-refractivity contribution in [1.82, 2.24) is 14.4 Å². The topological polar surface area (TPSA) is 118 Å². The molecule has 0 aromatic carbocycles. The van der Waals surface area contributed by atoms with Crippen LogP contribution in [0.2, 0.25) is 0 Å². The van der Waals surface area contributed by atoms with Gasteiger partial charge >= 0.3 is 6.09 Å². The fourth-order valence-corrected chi connectivity index (χ4v) is 5.76. The lowest BCUT2D eigenvalue weighted by Crippen LogP contribution is -2.52. The van der Waals surface area contributed by atoms with Gasteiger partial charge in [-0.3, -0.25) is 14.4 Å². The minimum atomic E-state index is -0.709. The van der Waals surface area contributed by atoms with E-state index in [0.29, 0.717) is 38.5 Å². The van der Waals surface area contributed by atoms with Crippen LogP contribution in [0.3, 0.4) is 0 Å². The van der Waals surface area contributed by atoms with Crippen molar-refractivity contribution in [1.29, 1.82) is 0 Å². The van der Waals surface area contributed by atoms with E-state index >= 15 is 0 Å². The molecule has 236 valence electrons. The Bertz CT molecular complexity index is 1120. The molecular weight excluding hydrogens is 538 g/mol. The zero-order valence-corrected chi connectivity index (χ0v) is 26.3. The van der Waals surface area contributed by atoms with Crippen LogP contribution in [0.15, 0.2) is 23.1 Å². The molecule has 2 aliphatic rings. The minimum Gasteiger partial charge on any atom is -0.444 e. The molecule has 1 aromatic heterocycles. The molecule has 0 spiro atoms. The van der Waals surface area contributed by atoms with Crippen molar-refractivity contribution in [3.05, 3.63) is 34.2 Å². The molecule has 1 aromatic rings. The third-order valence-electron chi connectivity index (χ3n) is 7.88. The highest BCUT2D eigenvalue weighted by Crippen LogP contribution is 2.34. The summed E-state index contributed by atoms with van der Waals surface area (Å²) in [5.74, 6) is -0.971. The summed E-state index contributed by atoms with van der Waals surface area (Å²) < 4.78 is 12.4. The van der Waals surface area contributed by atoms with E-state index in [0.717, 1.165) is 24.8 Å². The highest BCUT2D eigenvalue weighted by molar-refractivity contribution is 5.85. The number of ketones is 1. The Balaban J connectivity index is 1.81. The van der Waals surface area contributed by atoms with E-state index in [1.165, 1.54) is 11.0 Å². The second-order valence-corrected chi connectivity index (χ2v) is 13.5. The van der Waals surface area contributed by atoms with Crippen molar-refractivity contribution in [2.75, 3.05) is 33.4 Å². The molecule has 3 atom stereocenters. The van der Waals surface area contributed by atoms with Gasteiger partial charge in [-0.1, -0.05) is 19.9 Å². The highest BCUT2D eigenvalue weighted by atomic mass is 16.6. The summed E-state index contributed by atoms with van der Waals surface area (Å²) in [6, 6.07) is 3.40. The number of aryl methyl sites for hydroxylation is 1. The van der Waals surface area contributed by atoms with Crippen molar-refractivity contribution in [2.24, 2.45) is 23.7 Å². The molecule has 10 heteroatoms. The first-order chi connectivity index (χ1) is 19.8. The van der Waals surface area contributed by atoms with Gasteiger partial charge in [-0.15, -0.1) is 0 Å². The molecule has 1 saturated carbocycles. The Morgan fingerprint density at radius 3 is 2.40 bits per heavy atom. The fourth-order valence-electron chi connectivity index (χ4n) is 5.76. The lowest BCUT2D eigenvalue weighted by molar-refractivity contribution is -0.140. The zero-order valence-electron chi connectivity index (χ0n) is 26.3. The van der Waals surface area contributed by atoms with Crippen LogP contribution in [-0.2, 0) is 32.2 Å². The van der Waals surface area contributed by atoms with E-state index in [9.17, 15) is 24.3 Å². The SMILES string of the molecule is COCCCn1cc(CN(C(=O)[C@@H]2C[C@H](C(=O)CC(CO)CC(C)C)CN(C(=O)OC(C)(C)C)C2)C2CC2)ccc1=O. The number of methoxy groups -OCH3 is 1. The third kappa shape index (κ3) is 10.2. The van der Waals surface area contributed by atoms with Gasteiger partial charge in [-0.25, -0.2) is 4.79 Å². The smallest absolute Gasteiger partial charge is 0.410 e. The molecule has 1 N–H and O–H groups in total. The van der Waals surface area contributed by atoms with Gasteiger partial charge in [0.15, 0.2) is 0 Å². The minimum absolute atomic E-state index is 0.0261. The van der Waals surface area contributed by atoms with Crippen molar-refractivity contribution < 1.29 is 29.0 Å². The molecule has 1 unspecified atom stereocenters. The first-order valence-corrected chi connectivity index (χ1v) is 15.4. The van der Waals surface area contributed by atoms with Gasteiger partial charge in [0, 0.05) is 77.1 Å². The van der Waals surface area contributed by atoms with Crippen molar-refractivity contribution in [3.63, 3.8) is 0 Å². The number of piperidine rings is 1. The lowest BCUT2D eigenvalue weighted by atomic mass is 9.81. The van der Waals surface area contributed by atoms with Crippen LogP contribution >= 0.6 is 0 Å². The molecule has 3 rings (SSSR count). The van der Waals surface area contributed by atoms with Crippen LogP contribution in [0, 0.1) is 23.7 Å². The van der Waals surface area contributed by atoms with E-state index in [2.05, 4.69) is 13.8 Å². The fraction of sp³-hybridized carbons (Fsp3) is 0.750. The first-order valence-electron chi connectivity index (χ1n) is 15.4. The average Bonchev–Trinajstić information content (AvgIpc) is 3.76. The van der Waals surface area contributed by atoms with Gasteiger partial charge in [-0.05, 0) is 70.3 Å². The van der Waals surface area contributed by atoms with Crippen LogP contribution in [0.25, 0.3) is 0 Å². The molecule has 10 nitrogen and oxygen atoms in total. The number of carbonyl (C=O) groups is 3. The summed E-state index contributed by atoms with van der Waals surface area (Å²) in [5.41, 5.74) is 0.0535. The van der Waals surface area contributed by atoms with Crippen LogP contribution in [0.5, 0.6) is 0 Å². The summed E-state index contributed by atoms with van der Waals surface area (Å²) in [5, 5.41) is 9.88. The molecule has 1 saturated heterocycles. The number of aliphatic hydroxyl groups excluding tert-OH is 1. The number of carbonyl (C=O) groups excluding carboxylic acids is 3. The molecule has 2 heterocycles. The van der Waals surface area contributed by atoms with Gasteiger partial charge < -0.3 is 28.9 Å². The number of amides is 2. The Labute approximate surface area is 250 Å². The Morgan fingerprint density at radius 1 is 1.12 bits per heavy atom. The maximum atomic E-state index is 14.1. The standard InChI is InChI=1S/C32H51N3O7/c1-22(2)14-24(21-36)15-28(37)25-16-26(20-34(19-25)31(40)42-32(3,4)5)30(39)35(27-9-10-27)18-23-8-11-29(38)33(17-23)12-7-13-41-6/h8,11,17,22,24-27,36H,7,9-10,12-16,18-21H2,1-6H3/t24?,25-,26+/m0/s1. The van der Waals surface area contributed by atoms with Crippen molar-refractivity contribution in [3.8, 4) is 0 Å². The normalized spacial score (nSPS) is 20.0. The zero-order chi connectivity index (χ0) is 31.0. The number of Topliss-reactive ketones (excluding diaryl/α,β-unsaturated/α-hetero) is 1. The molecule has 2 amide bonds. The average molecular weight is 590 g/mol. The van der Waals surface area contributed by atoms with Gasteiger partial charge in [0.25, 0.3) is 5.56 Å². The van der Waals surface area contributed by atoms with E-state index in [1.54, 1.807) is 38.5 Å². The van der Waals surface area contributed by atoms with Gasteiger partial charge in [0.1, 0.15) is 11.4 Å². The summed E-state index contributed by atoms with van der Waals surface area (Å²) in [7, 11) is 1.63. The van der Waals surface area contributed by atoms with Gasteiger partial charge in [0.05, 0.1) is 5.92 Å².